The molecular weight excluding hydrogens is 372 g/mol. The van der Waals surface area contributed by atoms with Crippen LogP contribution >= 0.6 is 11.6 Å². The van der Waals surface area contributed by atoms with Gasteiger partial charge in [0.1, 0.15) is 0 Å². The van der Waals surface area contributed by atoms with Gasteiger partial charge in [0, 0.05) is 17.1 Å². The van der Waals surface area contributed by atoms with E-state index < -0.39 is 10.0 Å². The van der Waals surface area contributed by atoms with E-state index in [2.05, 4.69) is 5.32 Å². The Hall–Kier alpha value is -2.05. The lowest BCUT2D eigenvalue weighted by Gasteiger charge is -2.19. The van der Waals surface area contributed by atoms with Gasteiger partial charge in [0.15, 0.2) is 0 Å². The molecular formula is C19H21ClN2O3S. The molecule has 1 aliphatic heterocycles. The lowest BCUT2D eigenvalue weighted by Crippen LogP contribution is -2.28. The predicted octanol–water partition coefficient (Wildman–Crippen LogP) is 3.54. The molecule has 26 heavy (non-hydrogen) atoms. The van der Waals surface area contributed by atoms with E-state index in [1.54, 1.807) is 24.3 Å². The molecule has 3 rings (SSSR count). The van der Waals surface area contributed by atoms with Crippen LogP contribution in [0, 0.1) is 0 Å². The predicted molar refractivity (Wildman–Crippen MR) is 104 cm³/mol. The molecule has 0 saturated carbocycles. The minimum atomic E-state index is -3.29. The summed E-state index contributed by atoms with van der Waals surface area (Å²) in [5, 5.41) is 3.66. The Morgan fingerprint density at radius 1 is 1.27 bits per heavy atom. The van der Waals surface area contributed by atoms with Crippen LogP contribution < -0.4 is 9.62 Å². The van der Waals surface area contributed by atoms with Crippen molar-refractivity contribution in [3.8, 4) is 0 Å². The summed E-state index contributed by atoms with van der Waals surface area (Å²) >= 11 is 6.05. The summed E-state index contributed by atoms with van der Waals surface area (Å²) in [4.78, 5) is 12.7. The minimum absolute atomic E-state index is 0.137. The van der Waals surface area contributed by atoms with Crippen LogP contribution in [0.15, 0.2) is 42.5 Å². The molecule has 2 aromatic carbocycles. The van der Waals surface area contributed by atoms with Gasteiger partial charge in [-0.3, -0.25) is 9.10 Å². The van der Waals surface area contributed by atoms with E-state index in [-0.39, 0.29) is 11.9 Å². The molecule has 1 atom stereocenters. The van der Waals surface area contributed by atoms with Crippen molar-refractivity contribution in [3.63, 3.8) is 0 Å². The minimum Gasteiger partial charge on any atom is -0.345 e. The summed E-state index contributed by atoms with van der Waals surface area (Å²) < 4.78 is 25.0. The SMILES string of the molecule is CCC(NC(=O)c1ccc2c(c1)CCN2S(C)(=O)=O)c1cccc(Cl)c1. The molecule has 0 aliphatic carbocycles. The van der Waals surface area contributed by atoms with Gasteiger partial charge >= 0.3 is 0 Å². The van der Waals surface area contributed by atoms with Crippen LogP contribution in [0.4, 0.5) is 5.69 Å². The van der Waals surface area contributed by atoms with Gasteiger partial charge in [0.25, 0.3) is 5.91 Å². The van der Waals surface area contributed by atoms with Gasteiger partial charge in [0.2, 0.25) is 10.0 Å². The zero-order valence-corrected chi connectivity index (χ0v) is 16.3. The first-order chi connectivity index (χ1) is 12.3. The van der Waals surface area contributed by atoms with Crippen molar-refractivity contribution in [3.05, 3.63) is 64.2 Å². The molecule has 0 bridgehead atoms. The number of benzene rings is 2. The number of nitrogens with zero attached hydrogens (tertiary/aromatic N) is 1. The number of carbonyl (C=O) groups excluding carboxylic acids is 1. The highest BCUT2D eigenvalue weighted by Crippen LogP contribution is 2.31. The third kappa shape index (κ3) is 3.86. The summed E-state index contributed by atoms with van der Waals surface area (Å²) in [6.07, 6.45) is 2.54. The maximum absolute atomic E-state index is 12.7. The van der Waals surface area contributed by atoms with Crippen molar-refractivity contribution >= 4 is 33.2 Å². The summed E-state index contributed by atoms with van der Waals surface area (Å²) in [6, 6.07) is 12.5. The van der Waals surface area contributed by atoms with Gasteiger partial charge in [-0.1, -0.05) is 30.7 Å². The van der Waals surface area contributed by atoms with Crippen LogP contribution in [-0.2, 0) is 16.4 Å². The Balaban J connectivity index is 1.81. The largest absolute Gasteiger partial charge is 0.345 e. The standard InChI is InChI=1S/C19H21ClN2O3S/c1-3-17(13-5-4-6-16(20)12-13)21-19(23)15-7-8-18-14(11-15)9-10-22(18)26(2,24)25/h4-8,11-12,17H,3,9-10H2,1-2H3,(H,21,23). The molecule has 0 saturated heterocycles. The van der Waals surface area contributed by atoms with Gasteiger partial charge in [-0.25, -0.2) is 8.42 Å². The fourth-order valence-electron chi connectivity index (χ4n) is 3.24. The van der Waals surface area contributed by atoms with E-state index in [1.165, 1.54) is 10.6 Å². The van der Waals surface area contributed by atoms with E-state index in [4.69, 9.17) is 11.6 Å². The Labute approximate surface area is 159 Å². The number of halogens is 1. The lowest BCUT2D eigenvalue weighted by atomic mass is 10.0. The second-order valence-electron chi connectivity index (χ2n) is 6.42. The second-order valence-corrected chi connectivity index (χ2v) is 8.76. The lowest BCUT2D eigenvalue weighted by molar-refractivity contribution is 0.0935. The van der Waals surface area contributed by atoms with Gasteiger partial charge in [-0.2, -0.15) is 0 Å². The quantitative estimate of drug-likeness (QED) is 0.846. The van der Waals surface area contributed by atoms with Gasteiger partial charge in [0.05, 0.1) is 18.0 Å². The monoisotopic (exact) mass is 392 g/mol. The number of rotatable bonds is 5. The van der Waals surface area contributed by atoms with E-state index in [1.807, 2.05) is 25.1 Å². The van der Waals surface area contributed by atoms with Gasteiger partial charge in [-0.15, -0.1) is 0 Å². The molecule has 1 unspecified atom stereocenters. The molecule has 0 aromatic heterocycles. The van der Waals surface area contributed by atoms with Crippen LogP contribution in [0.25, 0.3) is 0 Å². The molecule has 1 aliphatic rings. The summed E-state index contributed by atoms with van der Waals surface area (Å²) in [5.74, 6) is -0.183. The molecule has 7 heteroatoms. The molecule has 2 aromatic rings. The Morgan fingerprint density at radius 2 is 2.04 bits per heavy atom. The van der Waals surface area contributed by atoms with Crippen LogP contribution in [0.3, 0.4) is 0 Å². The fourth-order valence-corrected chi connectivity index (χ4v) is 4.40. The average Bonchev–Trinajstić information content (AvgIpc) is 3.02. The van der Waals surface area contributed by atoms with E-state index in [9.17, 15) is 13.2 Å². The van der Waals surface area contributed by atoms with Crippen LogP contribution in [-0.4, -0.2) is 27.1 Å². The number of hydrogen-bond donors (Lipinski definition) is 1. The van der Waals surface area contributed by atoms with E-state index in [0.29, 0.717) is 29.2 Å². The van der Waals surface area contributed by atoms with Gasteiger partial charge < -0.3 is 5.32 Å². The average molecular weight is 393 g/mol. The number of fused-ring (bicyclic) bond motifs is 1. The van der Waals surface area contributed by atoms with Gasteiger partial charge in [-0.05, 0) is 54.3 Å². The first-order valence-corrected chi connectivity index (χ1v) is 10.7. The number of anilines is 1. The zero-order valence-electron chi connectivity index (χ0n) is 14.7. The number of amides is 1. The van der Waals surface area contributed by atoms with Crippen LogP contribution in [0.1, 0.15) is 40.9 Å². The highest BCUT2D eigenvalue weighted by molar-refractivity contribution is 7.92. The Bertz CT molecular complexity index is 944. The molecule has 0 fully saturated rings. The van der Waals surface area contributed by atoms with E-state index in [0.717, 1.165) is 17.5 Å². The fraction of sp³-hybridized carbons (Fsp3) is 0.316. The summed E-state index contributed by atoms with van der Waals surface area (Å²) in [5.41, 5.74) is 3.02. The third-order valence-corrected chi connectivity index (χ3v) is 5.97. The molecule has 1 amide bonds. The number of carbonyl (C=O) groups is 1. The summed E-state index contributed by atoms with van der Waals surface area (Å²) in [6.45, 7) is 2.41. The maximum Gasteiger partial charge on any atom is 0.251 e. The van der Waals surface area contributed by atoms with Crippen LogP contribution in [0.2, 0.25) is 5.02 Å². The first-order valence-electron chi connectivity index (χ1n) is 8.46. The van der Waals surface area contributed by atoms with Crippen molar-refractivity contribution < 1.29 is 13.2 Å². The highest BCUT2D eigenvalue weighted by atomic mass is 35.5. The zero-order chi connectivity index (χ0) is 18.9. The molecule has 5 nitrogen and oxygen atoms in total. The number of nitrogens with one attached hydrogen (secondary N) is 1. The first kappa shape index (κ1) is 18.7. The topological polar surface area (TPSA) is 66.5 Å². The van der Waals surface area contributed by atoms with E-state index >= 15 is 0 Å². The van der Waals surface area contributed by atoms with Crippen molar-refractivity contribution in [1.29, 1.82) is 0 Å². The molecule has 0 radical (unpaired) electrons. The molecule has 138 valence electrons. The normalized spacial score (nSPS) is 14.8. The molecule has 1 N–H and O–H groups in total. The number of hydrogen-bond acceptors (Lipinski definition) is 3. The highest BCUT2D eigenvalue weighted by Gasteiger charge is 2.27. The van der Waals surface area contributed by atoms with Crippen molar-refractivity contribution in [2.45, 2.75) is 25.8 Å². The molecule has 1 heterocycles. The summed E-state index contributed by atoms with van der Waals surface area (Å²) in [7, 11) is -3.29. The Kier molecular flexibility index (Phi) is 5.25. The molecule has 0 spiro atoms. The Morgan fingerprint density at radius 3 is 2.69 bits per heavy atom. The smallest absolute Gasteiger partial charge is 0.251 e. The third-order valence-electron chi connectivity index (χ3n) is 4.56. The van der Waals surface area contributed by atoms with Crippen molar-refractivity contribution in [2.75, 3.05) is 17.1 Å². The number of sulfonamides is 1. The van der Waals surface area contributed by atoms with Crippen LogP contribution in [0.5, 0.6) is 0 Å². The van der Waals surface area contributed by atoms with Crippen molar-refractivity contribution in [1.82, 2.24) is 5.32 Å². The second kappa shape index (κ2) is 7.29. The maximum atomic E-state index is 12.7. The van der Waals surface area contributed by atoms with Crippen molar-refractivity contribution in [2.24, 2.45) is 0 Å².